The number of halogens is 1. The van der Waals surface area contributed by atoms with Crippen molar-refractivity contribution in [2.24, 2.45) is 0 Å². The number of anilines is 1. The minimum atomic E-state index is -0.250. The monoisotopic (exact) mass is 399 g/mol. The standard InChI is InChI=1S/C19H14FN3O2S2/c20-14-7-5-12(6-8-14)11-26-19-23-22-18(27-19)21-10-15(24)17-9-13-3-1-2-4-16(13)25-17/h1-9H,10-11H2,(H,21,22). The van der Waals surface area contributed by atoms with Crippen molar-refractivity contribution in [3.05, 3.63) is 71.7 Å². The number of nitrogens with zero attached hydrogens (tertiary/aromatic N) is 2. The molecule has 0 bridgehead atoms. The molecule has 0 atom stereocenters. The number of nitrogens with one attached hydrogen (secondary N) is 1. The zero-order valence-corrected chi connectivity index (χ0v) is 15.6. The van der Waals surface area contributed by atoms with Gasteiger partial charge >= 0.3 is 0 Å². The van der Waals surface area contributed by atoms with E-state index in [-0.39, 0.29) is 18.1 Å². The van der Waals surface area contributed by atoms with Crippen LogP contribution in [0.15, 0.2) is 63.4 Å². The number of para-hydroxylation sites is 1. The lowest BCUT2D eigenvalue weighted by Gasteiger charge is -1.99. The largest absolute Gasteiger partial charge is 0.453 e. The fraction of sp³-hybridized carbons (Fsp3) is 0.105. The molecule has 1 N–H and O–H groups in total. The molecule has 0 saturated carbocycles. The third-order valence-corrected chi connectivity index (χ3v) is 5.87. The van der Waals surface area contributed by atoms with Gasteiger partial charge in [-0.3, -0.25) is 4.79 Å². The summed E-state index contributed by atoms with van der Waals surface area (Å²) in [5.74, 6) is 0.591. The van der Waals surface area contributed by atoms with Crippen LogP contribution in [0.4, 0.5) is 9.52 Å². The first-order chi connectivity index (χ1) is 13.2. The summed E-state index contributed by atoms with van der Waals surface area (Å²) in [6.45, 7) is 0.0804. The summed E-state index contributed by atoms with van der Waals surface area (Å²) in [4.78, 5) is 12.3. The molecule has 4 rings (SSSR count). The van der Waals surface area contributed by atoms with Crippen LogP contribution in [0, 0.1) is 5.82 Å². The summed E-state index contributed by atoms with van der Waals surface area (Å²) < 4.78 is 19.3. The topological polar surface area (TPSA) is 68.0 Å². The Morgan fingerprint density at radius 3 is 2.78 bits per heavy atom. The summed E-state index contributed by atoms with van der Waals surface area (Å²) in [5.41, 5.74) is 1.70. The van der Waals surface area contributed by atoms with Crippen LogP contribution in [0.25, 0.3) is 11.0 Å². The Bertz CT molecular complexity index is 1040. The highest BCUT2D eigenvalue weighted by Crippen LogP contribution is 2.28. The smallest absolute Gasteiger partial charge is 0.217 e. The van der Waals surface area contributed by atoms with Crippen LogP contribution in [-0.4, -0.2) is 22.5 Å². The van der Waals surface area contributed by atoms with Crippen LogP contribution in [0.5, 0.6) is 0 Å². The molecule has 0 aliphatic rings. The van der Waals surface area contributed by atoms with Crippen molar-refractivity contribution in [1.29, 1.82) is 0 Å². The van der Waals surface area contributed by atoms with E-state index in [4.69, 9.17) is 4.42 Å². The molecule has 0 saturated heterocycles. The summed E-state index contributed by atoms with van der Waals surface area (Å²) in [7, 11) is 0. The number of thioether (sulfide) groups is 1. The second-order valence-corrected chi connectivity index (χ2v) is 7.91. The minimum Gasteiger partial charge on any atom is -0.453 e. The molecule has 2 heterocycles. The van der Waals surface area contributed by atoms with Crippen LogP contribution in [0.1, 0.15) is 16.1 Å². The number of carbonyl (C=O) groups excluding carboxylic acids is 1. The van der Waals surface area contributed by atoms with Crippen LogP contribution in [0.3, 0.4) is 0 Å². The number of Topliss-reactive ketones (excluding diaryl/α,β-unsaturated/α-hetero) is 1. The number of hydrogen-bond acceptors (Lipinski definition) is 7. The molecule has 2 aromatic heterocycles. The van der Waals surface area contributed by atoms with Crippen LogP contribution in [-0.2, 0) is 5.75 Å². The number of carbonyl (C=O) groups is 1. The lowest BCUT2D eigenvalue weighted by Crippen LogP contribution is -2.13. The lowest BCUT2D eigenvalue weighted by molar-refractivity contribution is 0.0982. The number of benzene rings is 2. The molecule has 0 aliphatic heterocycles. The van der Waals surface area contributed by atoms with Gasteiger partial charge in [-0.25, -0.2) is 4.39 Å². The van der Waals surface area contributed by atoms with Crippen LogP contribution in [0.2, 0.25) is 0 Å². The van der Waals surface area contributed by atoms with Crippen molar-refractivity contribution >= 4 is 45.0 Å². The van der Waals surface area contributed by atoms with E-state index in [0.717, 1.165) is 15.3 Å². The predicted molar refractivity (Wildman–Crippen MR) is 105 cm³/mol. The molecule has 0 aliphatic carbocycles. The lowest BCUT2D eigenvalue weighted by atomic mass is 10.2. The minimum absolute atomic E-state index is 0.0804. The average Bonchev–Trinajstić information content (AvgIpc) is 3.32. The fourth-order valence-electron chi connectivity index (χ4n) is 2.43. The Labute approximate surface area is 162 Å². The van der Waals surface area contributed by atoms with Crippen molar-refractivity contribution in [2.45, 2.75) is 10.1 Å². The first kappa shape index (κ1) is 17.7. The zero-order chi connectivity index (χ0) is 18.6. The molecular weight excluding hydrogens is 385 g/mol. The third-order valence-electron chi connectivity index (χ3n) is 3.78. The van der Waals surface area contributed by atoms with Gasteiger partial charge in [0.05, 0.1) is 6.54 Å². The highest BCUT2D eigenvalue weighted by Gasteiger charge is 2.13. The summed E-state index contributed by atoms with van der Waals surface area (Å²) >= 11 is 2.88. The maximum absolute atomic E-state index is 12.9. The molecule has 2 aromatic carbocycles. The Morgan fingerprint density at radius 1 is 1.15 bits per heavy atom. The second kappa shape index (κ2) is 7.89. The van der Waals surface area contributed by atoms with Gasteiger partial charge in [0, 0.05) is 11.1 Å². The van der Waals surface area contributed by atoms with Gasteiger partial charge in [-0.1, -0.05) is 53.4 Å². The molecule has 136 valence electrons. The zero-order valence-electron chi connectivity index (χ0n) is 14.0. The van der Waals surface area contributed by atoms with E-state index in [1.54, 1.807) is 18.2 Å². The first-order valence-corrected chi connectivity index (χ1v) is 9.94. The van der Waals surface area contributed by atoms with Gasteiger partial charge in [0.2, 0.25) is 10.9 Å². The number of rotatable bonds is 7. The van der Waals surface area contributed by atoms with Gasteiger partial charge in [0.15, 0.2) is 10.1 Å². The van der Waals surface area contributed by atoms with Gasteiger partial charge in [0.25, 0.3) is 0 Å². The van der Waals surface area contributed by atoms with Crippen molar-refractivity contribution in [3.8, 4) is 0 Å². The van der Waals surface area contributed by atoms with E-state index in [9.17, 15) is 9.18 Å². The predicted octanol–water partition coefficient (Wildman–Crippen LogP) is 5.01. The molecule has 0 fully saturated rings. The average molecular weight is 399 g/mol. The molecular formula is C19H14FN3O2S2. The van der Waals surface area contributed by atoms with Gasteiger partial charge in [-0.2, -0.15) is 0 Å². The fourth-order valence-corrected chi connectivity index (χ4v) is 4.13. The molecule has 0 unspecified atom stereocenters. The molecule has 8 heteroatoms. The SMILES string of the molecule is O=C(CNc1nnc(SCc2ccc(F)cc2)s1)c1cc2ccccc2o1. The van der Waals surface area contributed by atoms with Gasteiger partial charge in [-0.15, -0.1) is 10.2 Å². The quantitative estimate of drug-likeness (QED) is 0.348. The van der Waals surface area contributed by atoms with Gasteiger partial charge < -0.3 is 9.73 Å². The first-order valence-electron chi connectivity index (χ1n) is 8.14. The second-order valence-electron chi connectivity index (χ2n) is 5.71. The van der Waals surface area contributed by atoms with Crippen molar-refractivity contribution in [2.75, 3.05) is 11.9 Å². The van der Waals surface area contributed by atoms with E-state index in [2.05, 4.69) is 15.5 Å². The molecule has 4 aromatic rings. The Morgan fingerprint density at radius 2 is 1.96 bits per heavy atom. The Hall–Kier alpha value is -2.71. The molecule has 0 radical (unpaired) electrons. The van der Waals surface area contributed by atoms with E-state index in [0.29, 0.717) is 22.2 Å². The van der Waals surface area contributed by atoms with E-state index in [1.165, 1.54) is 35.2 Å². The molecule has 0 amide bonds. The molecule has 5 nitrogen and oxygen atoms in total. The number of fused-ring (bicyclic) bond motifs is 1. The normalized spacial score (nSPS) is 11.0. The molecule has 0 spiro atoms. The van der Waals surface area contributed by atoms with E-state index < -0.39 is 0 Å². The highest BCUT2D eigenvalue weighted by molar-refractivity contribution is 8.00. The number of ketones is 1. The van der Waals surface area contributed by atoms with E-state index >= 15 is 0 Å². The van der Waals surface area contributed by atoms with Gasteiger partial charge in [-0.05, 0) is 29.8 Å². The summed E-state index contributed by atoms with van der Waals surface area (Å²) in [5, 5.41) is 12.6. The van der Waals surface area contributed by atoms with Crippen LogP contribution >= 0.6 is 23.1 Å². The number of aromatic nitrogens is 2. The van der Waals surface area contributed by atoms with Gasteiger partial charge in [0.1, 0.15) is 11.4 Å². The Balaban J connectivity index is 1.32. The van der Waals surface area contributed by atoms with Crippen molar-refractivity contribution < 1.29 is 13.6 Å². The maximum atomic E-state index is 12.9. The third kappa shape index (κ3) is 4.35. The Kier molecular flexibility index (Phi) is 5.17. The number of hydrogen-bond donors (Lipinski definition) is 1. The van der Waals surface area contributed by atoms with Crippen LogP contribution < -0.4 is 5.32 Å². The molecule has 27 heavy (non-hydrogen) atoms. The van der Waals surface area contributed by atoms with Crippen molar-refractivity contribution in [1.82, 2.24) is 10.2 Å². The summed E-state index contributed by atoms with van der Waals surface area (Å²) in [6.07, 6.45) is 0. The van der Waals surface area contributed by atoms with Crippen molar-refractivity contribution in [3.63, 3.8) is 0 Å². The van der Waals surface area contributed by atoms with E-state index in [1.807, 2.05) is 24.3 Å². The number of furan rings is 1. The maximum Gasteiger partial charge on any atom is 0.217 e. The highest BCUT2D eigenvalue weighted by atomic mass is 32.2. The summed E-state index contributed by atoms with van der Waals surface area (Å²) in [6, 6.07) is 15.6.